The molecule has 0 bridgehead atoms. The van der Waals surface area contributed by atoms with Crippen LogP contribution >= 0.6 is 0 Å². The summed E-state index contributed by atoms with van der Waals surface area (Å²) in [6.45, 7) is 9.78. The van der Waals surface area contributed by atoms with Gasteiger partial charge >= 0.3 is 5.97 Å². The van der Waals surface area contributed by atoms with Crippen LogP contribution in [0.4, 0.5) is 5.69 Å². The molecule has 0 atom stereocenters. The predicted molar refractivity (Wildman–Crippen MR) is 99.0 cm³/mol. The number of para-hydroxylation sites is 1. The number of nitrogens with one attached hydrogen (secondary N) is 2. The molecule has 1 aromatic carbocycles. The Morgan fingerprint density at radius 2 is 1.80 bits per heavy atom. The highest BCUT2D eigenvalue weighted by Crippen LogP contribution is 2.27. The Kier molecular flexibility index (Phi) is 6.02. The molecular formula is C20H26N2O3. The smallest absolute Gasteiger partial charge is 0.336 e. The van der Waals surface area contributed by atoms with E-state index in [1.165, 1.54) is 0 Å². The maximum atomic E-state index is 12.8. The molecule has 0 fully saturated rings. The van der Waals surface area contributed by atoms with Crippen molar-refractivity contribution in [2.24, 2.45) is 0 Å². The molecule has 2 rings (SSSR count). The maximum absolute atomic E-state index is 12.8. The second-order valence-electron chi connectivity index (χ2n) is 6.15. The number of hydrogen-bond acceptors (Lipinski definition) is 4. The Morgan fingerprint density at radius 3 is 2.44 bits per heavy atom. The molecule has 0 aromatic heterocycles. The molecule has 2 N–H and O–H groups in total. The molecule has 0 unspecified atom stereocenters. The number of ether oxygens (including phenoxy) is 1. The van der Waals surface area contributed by atoms with Gasteiger partial charge < -0.3 is 15.4 Å². The zero-order valence-corrected chi connectivity index (χ0v) is 15.6. The summed E-state index contributed by atoms with van der Waals surface area (Å²) >= 11 is 0. The normalized spacial score (nSPS) is 14.3. The molecule has 0 spiro atoms. The Hall–Kier alpha value is -2.56. The second kappa shape index (κ2) is 8.01. The Labute approximate surface area is 149 Å². The number of hydrogen-bond donors (Lipinski definition) is 2. The monoisotopic (exact) mass is 342 g/mol. The molecule has 1 aromatic rings. The summed E-state index contributed by atoms with van der Waals surface area (Å²) < 4.78 is 5.10. The Morgan fingerprint density at radius 1 is 1.12 bits per heavy atom. The van der Waals surface area contributed by atoms with Crippen molar-refractivity contribution < 1.29 is 14.3 Å². The highest BCUT2D eigenvalue weighted by atomic mass is 16.5. The van der Waals surface area contributed by atoms with Gasteiger partial charge in [0.2, 0.25) is 0 Å². The molecule has 1 aliphatic heterocycles. The van der Waals surface area contributed by atoms with E-state index < -0.39 is 0 Å². The van der Waals surface area contributed by atoms with Crippen molar-refractivity contribution in [3.63, 3.8) is 0 Å². The Balaban J connectivity index is 2.25. The molecule has 5 nitrogen and oxygen atoms in total. The average Bonchev–Trinajstić information content (AvgIpc) is 2.56. The lowest BCUT2D eigenvalue weighted by Gasteiger charge is -2.23. The zero-order valence-electron chi connectivity index (χ0n) is 15.6. The standard InChI is InChI=1S/C20H26N2O3/c1-6-15-10-8-9-12(3)18(15)22-19(23)16-11-17(20(24)25-7-2)14(5)21-13(16)4/h8-10,21H,6-7,11H2,1-5H3,(H,22,23). The number of rotatable bonds is 5. The van der Waals surface area contributed by atoms with Crippen LogP contribution in [0.25, 0.3) is 0 Å². The molecule has 0 saturated carbocycles. The van der Waals surface area contributed by atoms with E-state index in [9.17, 15) is 9.59 Å². The van der Waals surface area contributed by atoms with E-state index in [0.717, 1.165) is 34.6 Å². The number of dihydropyridines is 1. The fourth-order valence-electron chi connectivity index (χ4n) is 2.96. The van der Waals surface area contributed by atoms with E-state index in [1.807, 2.05) is 39.0 Å². The third-order valence-corrected chi connectivity index (χ3v) is 4.41. The van der Waals surface area contributed by atoms with Gasteiger partial charge in [-0.3, -0.25) is 4.79 Å². The van der Waals surface area contributed by atoms with E-state index in [4.69, 9.17) is 4.74 Å². The highest BCUT2D eigenvalue weighted by molar-refractivity contribution is 6.07. The number of anilines is 1. The molecule has 1 heterocycles. The van der Waals surface area contributed by atoms with Gasteiger partial charge in [-0.05, 0) is 45.2 Å². The molecule has 0 radical (unpaired) electrons. The van der Waals surface area contributed by atoms with E-state index >= 15 is 0 Å². The summed E-state index contributed by atoms with van der Waals surface area (Å²) in [6.07, 6.45) is 1.10. The van der Waals surface area contributed by atoms with Gasteiger partial charge in [0.25, 0.3) is 5.91 Å². The van der Waals surface area contributed by atoms with E-state index in [2.05, 4.69) is 17.6 Å². The molecule has 1 aliphatic rings. The Bertz CT molecular complexity index is 760. The number of carbonyl (C=O) groups is 2. The van der Waals surface area contributed by atoms with E-state index in [-0.39, 0.29) is 18.3 Å². The second-order valence-corrected chi connectivity index (χ2v) is 6.15. The first-order valence-electron chi connectivity index (χ1n) is 8.62. The summed E-state index contributed by atoms with van der Waals surface area (Å²) in [5.74, 6) is -0.571. The first kappa shape index (κ1) is 18.8. The van der Waals surface area contributed by atoms with Crippen LogP contribution in [0.3, 0.4) is 0 Å². The van der Waals surface area contributed by atoms with Gasteiger partial charge in [-0.15, -0.1) is 0 Å². The van der Waals surface area contributed by atoms with Crippen molar-refractivity contribution in [2.45, 2.75) is 47.5 Å². The largest absolute Gasteiger partial charge is 0.463 e. The van der Waals surface area contributed by atoms with Gasteiger partial charge in [-0.2, -0.15) is 0 Å². The third-order valence-electron chi connectivity index (χ3n) is 4.41. The zero-order chi connectivity index (χ0) is 18.6. The molecule has 0 saturated heterocycles. The van der Waals surface area contributed by atoms with Crippen LogP contribution in [0.5, 0.6) is 0 Å². The fraction of sp³-hybridized carbons (Fsp3) is 0.400. The van der Waals surface area contributed by atoms with Crippen molar-refractivity contribution in [1.29, 1.82) is 0 Å². The minimum atomic E-state index is -0.379. The molecule has 25 heavy (non-hydrogen) atoms. The van der Waals surface area contributed by atoms with E-state index in [1.54, 1.807) is 6.92 Å². The summed E-state index contributed by atoms with van der Waals surface area (Å²) in [6, 6.07) is 5.97. The number of aryl methyl sites for hydroxylation is 2. The topological polar surface area (TPSA) is 67.4 Å². The maximum Gasteiger partial charge on any atom is 0.336 e. The van der Waals surface area contributed by atoms with Crippen molar-refractivity contribution >= 4 is 17.6 Å². The lowest BCUT2D eigenvalue weighted by atomic mass is 9.97. The van der Waals surface area contributed by atoms with Gasteiger partial charge in [-0.25, -0.2) is 4.79 Å². The van der Waals surface area contributed by atoms with Gasteiger partial charge in [0, 0.05) is 29.1 Å². The van der Waals surface area contributed by atoms with Crippen LogP contribution in [0.2, 0.25) is 0 Å². The van der Waals surface area contributed by atoms with Crippen LogP contribution in [0, 0.1) is 6.92 Å². The van der Waals surface area contributed by atoms with Gasteiger partial charge in [0.1, 0.15) is 0 Å². The summed E-state index contributed by atoms with van der Waals surface area (Å²) in [4.78, 5) is 25.0. The minimum absolute atomic E-state index is 0.191. The quantitative estimate of drug-likeness (QED) is 0.802. The molecule has 0 aliphatic carbocycles. The summed E-state index contributed by atoms with van der Waals surface area (Å²) in [7, 11) is 0. The molecule has 1 amide bonds. The number of carbonyl (C=O) groups excluding carboxylic acids is 2. The predicted octanol–water partition coefficient (Wildman–Crippen LogP) is 3.60. The van der Waals surface area contributed by atoms with Crippen LogP contribution in [-0.4, -0.2) is 18.5 Å². The first-order chi connectivity index (χ1) is 11.9. The summed E-state index contributed by atoms with van der Waals surface area (Å²) in [5, 5.41) is 6.15. The van der Waals surface area contributed by atoms with Crippen LogP contribution in [-0.2, 0) is 20.7 Å². The lowest BCUT2D eigenvalue weighted by molar-refractivity contribution is -0.138. The average molecular weight is 342 g/mol. The van der Waals surface area contributed by atoms with E-state index in [0.29, 0.717) is 17.8 Å². The fourth-order valence-corrected chi connectivity index (χ4v) is 2.96. The van der Waals surface area contributed by atoms with Gasteiger partial charge in [0.15, 0.2) is 0 Å². The van der Waals surface area contributed by atoms with Crippen LogP contribution < -0.4 is 10.6 Å². The van der Waals surface area contributed by atoms with Gasteiger partial charge in [0.05, 0.1) is 12.2 Å². The molecule has 134 valence electrons. The lowest BCUT2D eigenvalue weighted by Crippen LogP contribution is -2.28. The summed E-state index contributed by atoms with van der Waals surface area (Å²) in [5.41, 5.74) is 5.50. The SMILES string of the molecule is CCOC(=O)C1=C(C)NC(C)=C(C(=O)Nc2c(C)cccc2CC)C1. The molecular weight excluding hydrogens is 316 g/mol. The van der Waals surface area contributed by atoms with Crippen LogP contribution in [0.15, 0.2) is 40.7 Å². The minimum Gasteiger partial charge on any atom is -0.463 e. The van der Waals surface area contributed by atoms with Crippen molar-refractivity contribution in [1.82, 2.24) is 5.32 Å². The van der Waals surface area contributed by atoms with Crippen LogP contribution in [0.1, 0.15) is 45.2 Å². The highest BCUT2D eigenvalue weighted by Gasteiger charge is 2.26. The number of esters is 1. The van der Waals surface area contributed by atoms with Crippen molar-refractivity contribution in [2.75, 3.05) is 11.9 Å². The number of amides is 1. The first-order valence-corrected chi connectivity index (χ1v) is 8.62. The van der Waals surface area contributed by atoms with Crippen molar-refractivity contribution in [3.05, 3.63) is 51.9 Å². The van der Waals surface area contributed by atoms with Crippen molar-refractivity contribution in [3.8, 4) is 0 Å². The number of benzene rings is 1. The number of allylic oxidation sites excluding steroid dienone is 2. The van der Waals surface area contributed by atoms with Gasteiger partial charge in [-0.1, -0.05) is 25.1 Å². The molecule has 5 heteroatoms. The third kappa shape index (κ3) is 4.10.